The number of anilines is 2. The Balaban J connectivity index is 2.60. The minimum absolute atomic E-state index is 0.0383. The Bertz CT molecular complexity index is 303. The largest absolute Gasteiger partial charge is 0.396 e. The van der Waals surface area contributed by atoms with Crippen LogP contribution in [-0.4, -0.2) is 48.5 Å². The molecule has 0 aliphatic heterocycles. The Morgan fingerprint density at radius 1 is 1.44 bits per heavy atom. The Hall–Kier alpha value is -1.40. The van der Waals surface area contributed by atoms with Gasteiger partial charge in [0.1, 0.15) is 11.6 Å². The second kappa shape index (κ2) is 6.97. The first-order chi connectivity index (χ1) is 7.80. The maximum atomic E-state index is 8.90. The Morgan fingerprint density at radius 2 is 2.19 bits per heavy atom. The Kier molecular flexibility index (Phi) is 5.52. The van der Waals surface area contributed by atoms with Crippen LogP contribution >= 0.6 is 0 Å². The van der Waals surface area contributed by atoms with E-state index in [2.05, 4.69) is 20.6 Å². The van der Waals surface area contributed by atoms with E-state index in [1.807, 2.05) is 0 Å². The smallest absolute Gasteiger partial charge is 0.147 e. The summed E-state index contributed by atoms with van der Waals surface area (Å²) in [6.07, 6.45) is 3.89. The van der Waals surface area contributed by atoms with Crippen LogP contribution in [0.1, 0.15) is 6.42 Å². The topological polar surface area (TPSA) is 79.3 Å². The Morgan fingerprint density at radius 3 is 2.81 bits per heavy atom. The van der Waals surface area contributed by atoms with Gasteiger partial charge in [0.2, 0.25) is 0 Å². The first-order valence-electron chi connectivity index (χ1n) is 5.16. The van der Waals surface area contributed by atoms with Gasteiger partial charge in [0.05, 0.1) is 25.0 Å². The summed E-state index contributed by atoms with van der Waals surface area (Å²) < 4.78 is 5.05. The molecule has 90 valence electrons. The highest BCUT2D eigenvalue weighted by Crippen LogP contribution is 2.08. The molecule has 0 spiro atoms. The summed E-state index contributed by atoms with van der Waals surface area (Å²) in [5.41, 5.74) is 0. The van der Waals surface area contributed by atoms with Crippen molar-refractivity contribution < 1.29 is 9.84 Å². The summed E-state index contributed by atoms with van der Waals surface area (Å²) in [6.45, 7) is 0.631. The molecule has 1 rings (SSSR count). The van der Waals surface area contributed by atoms with Gasteiger partial charge in [-0.3, -0.25) is 4.98 Å². The van der Waals surface area contributed by atoms with Crippen LogP contribution in [0.15, 0.2) is 12.4 Å². The summed E-state index contributed by atoms with van der Waals surface area (Å²) in [5.74, 6) is 1.37. The molecule has 6 nitrogen and oxygen atoms in total. The molecular weight excluding hydrogens is 208 g/mol. The number of nitrogens with one attached hydrogen (secondary N) is 2. The average Bonchev–Trinajstić information content (AvgIpc) is 2.30. The van der Waals surface area contributed by atoms with Gasteiger partial charge in [0.15, 0.2) is 0 Å². The number of methoxy groups -OCH3 is 1. The van der Waals surface area contributed by atoms with Crippen LogP contribution in [0.5, 0.6) is 0 Å². The van der Waals surface area contributed by atoms with Gasteiger partial charge in [0, 0.05) is 20.8 Å². The van der Waals surface area contributed by atoms with Crippen molar-refractivity contribution in [2.24, 2.45) is 0 Å². The molecular formula is C10H18N4O2. The van der Waals surface area contributed by atoms with Crippen molar-refractivity contribution in [3.05, 3.63) is 12.4 Å². The fourth-order valence-electron chi connectivity index (χ4n) is 1.32. The highest BCUT2D eigenvalue weighted by Gasteiger charge is 2.08. The molecule has 0 aliphatic rings. The highest BCUT2D eigenvalue weighted by molar-refractivity contribution is 5.41. The molecule has 0 radical (unpaired) electrons. The predicted molar refractivity (Wildman–Crippen MR) is 62.6 cm³/mol. The van der Waals surface area contributed by atoms with E-state index in [4.69, 9.17) is 9.84 Å². The molecule has 0 aliphatic carbocycles. The summed E-state index contributed by atoms with van der Waals surface area (Å²) >= 11 is 0. The van der Waals surface area contributed by atoms with Gasteiger partial charge in [-0.15, -0.1) is 0 Å². The van der Waals surface area contributed by atoms with Crippen LogP contribution in [0.25, 0.3) is 0 Å². The van der Waals surface area contributed by atoms with Gasteiger partial charge < -0.3 is 20.5 Å². The van der Waals surface area contributed by atoms with E-state index in [0.29, 0.717) is 24.7 Å². The maximum Gasteiger partial charge on any atom is 0.147 e. The van der Waals surface area contributed by atoms with Crippen LogP contribution < -0.4 is 10.6 Å². The lowest BCUT2D eigenvalue weighted by Gasteiger charge is -2.17. The molecule has 0 saturated heterocycles. The van der Waals surface area contributed by atoms with E-state index in [1.165, 1.54) is 0 Å². The van der Waals surface area contributed by atoms with E-state index >= 15 is 0 Å². The number of aromatic nitrogens is 2. The fraction of sp³-hybridized carbons (Fsp3) is 0.600. The third-order valence-corrected chi connectivity index (χ3v) is 2.09. The van der Waals surface area contributed by atoms with Gasteiger partial charge in [-0.1, -0.05) is 0 Å². The van der Waals surface area contributed by atoms with Crippen LogP contribution in [0.3, 0.4) is 0 Å². The van der Waals surface area contributed by atoms with E-state index in [-0.39, 0.29) is 12.6 Å². The van der Waals surface area contributed by atoms with Crippen molar-refractivity contribution >= 4 is 11.6 Å². The van der Waals surface area contributed by atoms with Crippen LogP contribution in [0.4, 0.5) is 11.6 Å². The van der Waals surface area contributed by atoms with Crippen LogP contribution in [0, 0.1) is 0 Å². The van der Waals surface area contributed by atoms with E-state index in [9.17, 15) is 0 Å². The molecule has 1 heterocycles. The molecule has 0 saturated carbocycles. The van der Waals surface area contributed by atoms with Crippen molar-refractivity contribution in [3.63, 3.8) is 0 Å². The molecule has 0 fully saturated rings. The molecule has 1 aromatic rings. The van der Waals surface area contributed by atoms with Gasteiger partial charge in [-0.05, 0) is 6.42 Å². The van der Waals surface area contributed by atoms with Gasteiger partial charge in [-0.2, -0.15) is 0 Å². The number of aliphatic hydroxyl groups is 1. The molecule has 1 aromatic heterocycles. The van der Waals surface area contributed by atoms with E-state index in [0.717, 1.165) is 0 Å². The van der Waals surface area contributed by atoms with Gasteiger partial charge in [-0.25, -0.2) is 4.98 Å². The summed E-state index contributed by atoms with van der Waals surface area (Å²) in [7, 11) is 3.41. The van der Waals surface area contributed by atoms with E-state index in [1.54, 1.807) is 26.6 Å². The molecule has 0 aromatic carbocycles. The zero-order valence-corrected chi connectivity index (χ0v) is 9.60. The molecule has 0 amide bonds. The van der Waals surface area contributed by atoms with Crippen molar-refractivity contribution in [2.75, 3.05) is 38.0 Å². The van der Waals surface area contributed by atoms with Crippen LogP contribution in [-0.2, 0) is 4.74 Å². The van der Waals surface area contributed by atoms with Crippen molar-refractivity contribution in [1.82, 2.24) is 9.97 Å². The third-order valence-electron chi connectivity index (χ3n) is 2.09. The van der Waals surface area contributed by atoms with E-state index < -0.39 is 0 Å². The van der Waals surface area contributed by atoms with Crippen molar-refractivity contribution in [3.8, 4) is 0 Å². The zero-order chi connectivity index (χ0) is 11.8. The number of nitrogens with zero attached hydrogens (tertiary/aromatic N) is 2. The first-order valence-corrected chi connectivity index (χ1v) is 5.16. The maximum absolute atomic E-state index is 8.90. The lowest BCUT2D eigenvalue weighted by Crippen LogP contribution is -2.26. The molecule has 6 heteroatoms. The second-order valence-corrected chi connectivity index (χ2v) is 3.35. The summed E-state index contributed by atoms with van der Waals surface area (Å²) in [4.78, 5) is 8.31. The molecule has 3 N–H and O–H groups in total. The van der Waals surface area contributed by atoms with Crippen LogP contribution in [0.2, 0.25) is 0 Å². The monoisotopic (exact) mass is 226 g/mol. The quantitative estimate of drug-likeness (QED) is 0.621. The number of aliphatic hydroxyl groups excluding tert-OH is 1. The first kappa shape index (κ1) is 12.7. The minimum Gasteiger partial charge on any atom is -0.396 e. The number of ether oxygens (including phenoxy) is 1. The van der Waals surface area contributed by atoms with Gasteiger partial charge in [0.25, 0.3) is 0 Å². The van der Waals surface area contributed by atoms with Crippen molar-refractivity contribution in [2.45, 2.75) is 12.5 Å². The molecule has 0 bridgehead atoms. The standard InChI is InChI=1S/C10H18N4O2/c1-11-9-5-12-6-10(14-9)13-8(3-4-15)7-16-2/h5-6,8,15H,3-4,7H2,1-2H3,(H2,11,13,14). The lowest BCUT2D eigenvalue weighted by atomic mass is 10.2. The summed E-state index contributed by atoms with van der Waals surface area (Å²) in [5, 5.41) is 15.0. The number of rotatable bonds is 7. The molecule has 16 heavy (non-hydrogen) atoms. The normalized spacial score (nSPS) is 12.2. The summed E-state index contributed by atoms with van der Waals surface area (Å²) in [6, 6.07) is 0.0383. The minimum atomic E-state index is 0.0383. The molecule has 1 unspecified atom stereocenters. The zero-order valence-electron chi connectivity index (χ0n) is 9.60. The van der Waals surface area contributed by atoms with Crippen molar-refractivity contribution in [1.29, 1.82) is 0 Å². The Labute approximate surface area is 95.1 Å². The number of hydrogen-bond acceptors (Lipinski definition) is 6. The lowest BCUT2D eigenvalue weighted by molar-refractivity contribution is 0.170. The fourth-order valence-corrected chi connectivity index (χ4v) is 1.32. The molecule has 1 atom stereocenters. The van der Waals surface area contributed by atoms with Gasteiger partial charge >= 0.3 is 0 Å². The third kappa shape index (κ3) is 4.00. The average molecular weight is 226 g/mol. The highest BCUT2D eigenvalue weighted by atomic mass is 16.5. The number of hydrogen-bond donors (Lipinski definition) is 3. The SMILES string of the molecule is CNc1cncc(NC(CCO)COC)n1. The second-order valence-electron chi connectivity index (χ2n) is 3.35. The predicted octanol–water partition coefficient (Wildman–Crippen LogP) is 0.328.